The Labute approximate surface area is 130 Å². The van der Waals surface area contributed by atoms with Gasteiger partial charge in [-0.1, -0.05) is 12.1 Å². The SMILES string of the molecule is COc1ccc(CNC(=O)C[NH+](C)CC(=O)NC2CC2)cc1. The smallest absolute Gasteiger partial charge is 0.275 e. The topological polar surface area (TPSA) is 71.9 Å². The summed E-state index contributed by atoms with van der Waals surface area (Å²) in [6.07, 6.45) is 2.15. The molecule has 2 rings (SSSR count). The lowest BCUT2D eigenvalue weighted by Gasteiger charge is -2.13. The molecule has 0 saturated heterocycles. The summed E-state index contributed by atoms with van der Waals surface area (Å²) in [6.45, 7) is 1.09. The molecule has 0 aromatic heterocycles. The van der Waals surface area contributed by atoms with Crippen LogP contribution in [0.1, 0.15) is 18.4 Å². The summed E-state index contributed by atoms with van der Waals surface area (Å²) in [4.78, 5) is 24.4. The van der Waals surface area contributed by atoms with Crippen LogP contribution in [0.2, 0.25) is 0 Å². The van der Waals surface area contributed by atoms with Crippen LogP contribution in [0.25, 0.3) is 0 Å². The maximum Gasteiger partial charge on any atom is 0.275 e. The number of rotatable bonds is 8. The molecular weight excluding hydrogens is 282 g/mol. The van der Waals surface area contributed by atoms with Gasteiger partial charge >= 0.3 is 0 Å². The molecule has 1 aliphatic carbocycles. The third-order valence-electron chi connectivity index (χ3n) is 3.52. The number of methoxy groups -OCH3 is 1. The van der Waals surface area contributed by atoms with Gasteiger partial charge in [-0.2, -0.15) is 0 Å². The summed E-state index contributed by atoms with van der Waals surface area (Å²) in [7, 11) is 3.47. The lowest BCUT2D eigenvalue weighted by Crippen LogP contribution is -3.11. The molecule has 120 valence electrons. The molecule has 0 aliphatic heterocycles. The van der Waals surface area contributed by atoms with Crippen LogP contribution < -0.4 is 20.3 Å². The molecular formula is C16H24N3O3+. The van der Waals surface area contributed by atoms with Crippen molar-refractivity contribution in [2.45, 2.75) is 25.4 Å². The molecule has 1 unspecified atom stereocenters. The molecule has 1 aliphatic rings. The van der Waals surface area contributed by atoms with E-state index in [1.54, 1.807) is 7.11 Å². The van der Waals surface area contributed by atoms with Crippen LogP contribution >= 0.6 is 0 Å². The fraction of sp³-hybridized carbons (Fsp3) is 0.500. The standard InChI is InChI=1S/C16H23N3O3/c1-19(11-16(21)18-13-5-6-13)10-15(20)17-9-12-3-7-14(22-2)8-4-12/h3-4,7-8,13H,5-6,9-11H2,1-2H3,(H,17,20)(H,18,21)/p+1. The quantitative estimate of drug-likeness (QED) is 0.583. The molecule has 1 fully saturated rings. The molecule has 1 aromatic carbocycles. The highest BCUT2D eigenvalue weighted by Gasteiger charge is 2.24. The Morgan fingerprint density at radius 2 is 1.82 bits per heavy atom. The molecule has 0 radical (unpaired) electrons. The van der Waals surface area contributed by atoms with Crippen LogP contribution in [0.5, 0.6) is 5.75 Å². The van der Waals surface area contributed by atoms with E-state index in [1.807, 2.05) is 31.3 Å². The minimum atomic E-state index is -0.0625. The first kappa shape index (κ1) is 16.3. The van der Waals surface area contributed by atoms with Gasteiger partial charge in [-0.05, 0) is 30.5 Å². The van der Waals surface area contributed by atoms with E-state index in [0.717, 1.165) is 29.1 Å². The Balaban J connectivity index is 1.66. The van der Waals surface area contributed by atoms with Crippen molar-refractivity contribution >= 4 is 11.8 Å². The number of carbonyl (C=O) groups is 2. The van der Waals surface area contributed by atoms with Crippen molar-refractivity contribution in [3.05, 3.63) is 29.8 Å². The van der Waals surface area contributed by atoms with E-state index in [4.69, 9.17) is 4.74 Å². The third kappa shape index (κ3) is 5.73. The fourth-order valence-corrected chi connectivity index (χ4v) is 2.12. The van der Waals surface area contributed by atoms with Gasteiger partial charge in [-0.3, -0.25) is 9.59 Å². The summed E-state index contributed by atoms with van der Waals surface area (Å²) < 4.78 is 5.09. The predicted molar refractivity (Wildman–Crippen MR) is 82.6 cm³/mol. The van der Waals surface area contributed by atoms with Crippen LogP contribution in [0.15, 0.2) is 24.3 Å². The first-order valence-corrected chi connectivity index (χ1v) is 7.57. The minimum Gasteiger partial charge on any atom is -0.497 e. The predicted octanol–water partition coefficient (Wildman–Crippen LogP) is -0.895. The maximum absolute atomic E-state index is 11.9. The summed E-state index contributed by atoms with van der Waals surface area (Å²) in [5.41, 5.74) is 1.01. The number of carbonyl (C=O) groups excluding carboxylic acids is 2. The molecule has 1 saturated carbocycles. The van der Waals surface area contributed by atoms with Crippen LogP contribution in [0, 0.1) is 0 Å². The average Bonchev–Trinajstić information content (AvgIpc) is 3.29. The van der Waals surface area contributed by atoms with Crippen LogP contribution in [0.4, 0.5) is 0 Å². The van der Waals surface area contributed by atoms with E-state index in [9.17, 15) is 9.59 Å². The van der Waals surface area contributed by atoms with Crippen molar-refractivity contribution < 1.29 is 19.2 Å². The number of hydrogen-bond acceptors (Lipinski definition) is 3. The molecule has 6 nitrogen and oxygen atoms in total. The van der Waals surface area contributed by atoms with Gasteiger partial charge in [0.25, 0.3) is 11.8 Å². The number of likely N-dealkylation sites (N-methyl/N-ethyl adjacent to an activating group) is 1. The minimum absolute atomic E-state index is 0.0166. The molecule has 3 N–H and O–H groups in total. The molecule has 6 heteroatoms. The Morgan fingerprint density at radius 1 is 1.18 bits per heavy atom. The van der Waals surface area contributed by atoms with E-state index in [0.29, 0.717) is 19.1 Å². The van der Waals surface area contributed by atoms with Gasteiger partial charge in [-0.25, -0.2) is 0 Å². The molecule has 1 aromatic rings. The van der Waals surface area contributed by atoms with Gasteiger partial charge in [-0.15, -0.1) is 0 Å². The lowest BCUT2D eigenvalue weighted by molar-refractivity contribution is -0.862. The first-order valence-electron chi connectivity index (χ1n) is 7.57. The van der Waals surface area contributed by atoms with E-state index in [1.165, 1.54) is 0 Å². The zero-order chi connectivity index (χ0) is 15.9. The zero-order valence-corrected chi connectivity index (χ0v) is 13.1. The molecule has 2 amide bonds. The third-order valence-corrected chi connectivity index (χ3v) is 3.52. The largest absolute Gasteiger partial charge is 0.497 e. The normalized spacial score (nSPS) is 15.0. The van der Waals surface area contributed by atoms with Gasteiger partial charge in [0.2, 0.25) is 0 Å². The molecule has 22 heavy (non-hydrogen) atoms. The van der Waals surface area contributed by atoms with Crippen LogP contribution in [0.3, 0.4) is 0 Å². The number of quaternary nitrogens is 1. The van der Waals surface area contributed by atoms with Crippen molar-refractivity contribution in [3.8, 4) is 5.75 Å². The summed E-state index contributed by atoms with van der Waals surface area (Å²) in [5, 5.41) is 5.78. The Bertz CT molecular complexity index is 512. The number of ether oxygens (including phenoxy) is 1. The first-order chi connectivity index (χ1) is 10.6. The van der Waals surface area contributed by atoms with Crippen molar-refractivity contribution in [3.63, 3.8) is 0 Å². The molecule has 1 atom stereocenters. The highest BCUT2D eigenvalue weighted by atomic mass is 16.5. The lowest BCUT2D eigenvalue weighted by atomic mass is 10.2. The number of hydrogen-bond donors (Lipinski definition) is 3. The van der Waals surface area contributed by atoms with E-state index >= 15 is 0 Å². The average molecular weight is 306 g/mol. The molecule has 0 spiro atoms. The molecule has 0 heterocycles. The van der Waals surface area contributed by atoms with Crippen molar-refractivity contribution in [1.82, 2.24) is 10.6 Å². The van der Waals surface area contributed by atoms with E-state index in [2.05, 4.69) is 10.6 Å². The maximum atomic E-state index is 11.9. The van der Waals surface area contributed by atoms with Gasteiger partial charge in [0.15, 0.2) is 13.1 Å². The summed E-state index contributed by atoms with van der Waals surface area (Å²) in [5.74, 6) is 0.747. The number of nitrogens with one attached hydrogen (secondary N) is 3. The second-order valence-electron chi connectivity index (χ2n) is 5.78. The number of benzene rings is 1. The summed E-state index contributed by atoms with van der Waals surface area (Å²) >= 11 is 0. The van der Waals surface area contributed by atoms with E-state index < -0.39 is 0 Å². The van der Waals surface area contributed by atoms with Gasteiger partial charge in [0.1, 0.15) is 5.75 Å². The highest BCUT2D eigenvalue weighted by Crippen LogP contribution is 2.17. The van der Waals surface area contributed by atoms with Gasteiger partial charge in [0, 0.05) is 12.6 Å². The van der Waals surface area contributed by atoms with Crippen molar-refractivity contribution in [1.29, 1.82) is 0 Å². The number of amides is 2. The monoisotopic (exact) mass is 306 g/mol. The van der Waals surface area contributed by atoms with Crippen LogP contribution in [-0.2, 0) is 16.1 Å². The van der Waals surface area contributed by atoms with Gasteiger partial charge in [0.05, 0.1) is 14.2 Å². The highest BCUT2D eigenvalue weighted by molar-refractivity contribution is 5.79. The van der Waals surface area contributed by atoms with Crippen molar-refractivity contribution in [2.75, 3.05) is 27.2 Å². The second kappa shape index (κ2) is 7.79. The Morgan fingerprint density at radius 3 is 2.41 bits per heavy atom. The Hall–Kier alpha value is -2.08. The van der Waals surface area contributed by atoms with Gasteiger partial charge < -0.3 is 20.3 Å². The Kier molecular flexibility index (Phi) is 5.77. The van der Waals surface area contributed by atoms with Crippen LogP contribution in [-0.4, -0.2) is 45.1 Å². The van der Waals surface area contributed by atoms with Crippen molar-refractivity contribution in [2.24, 2.45) is 0 Å². The zero-order valence-electron chi connectivity index (χ0n) is 13.1. The molecule has 0 bridgehead atoms. The fourth-order valence-electron chi connectivity index (χ4n) is 2.12. The second-order valence-corrected chi connectivity index (χ2v) is 5.78. The van der Waals surface area contributed by atoms with E-state index in [-0.39, 0.29) is 18.4 Å². The summed E-state index contributed by atoms with van der Waals surface area (Å²) in [6, 6.07) is 7.92.